The highest BCUT2D eigenvalue weighted by atomic mass is 19.1. The van der Waals surface area contributed by atoms with Crippen LogP contribution in [0.2, 0.25) is 0 Å². The van der Waals surface area contributed by atoms with Gasteiger partial charge in [0.25, 0.3) is 0 Å². The lowest BCUT2D eigenvalue weighted by molar-refractivity contribution is 0.623. The van der Waals surface area contributed by atoms with Gasteiger partial charge in [-0.15, -0.1) is 0 Å². The van der Waals surface area contributed by atoms with Crippen molar-refractivity contribution in [2.45, 2.75) is 0 Å². The number of benzene rings is 1. The van der Waals surface area contributed by atoms with Crippen LogP contribution in [0.1, 0.15) is 11.1 Å². The van der Waals surface area contributed by atoms with Gasteiger partial charge < -0.3 is 0 Å². The third-order valence-corrected chi connectivity index (χ3v) is 1.32. The molecule has 0 saturated heterocycles. The monoisotopic (exact) mass is 146 g/mol. The maximum Gasteiger partial charge on any atom is 0.141 e. The second-order valence-corrected chi connectivity index (χ2v) is 1.95. The Kier molecular flexibility index (Phi) is 2.03. The average molecular weight is 146 g/mol. The van der Waals surface area contributed by atoms with Crippen LogP contribution in [-0.2, 0) is 0 Å². The number of hydrogen-bond donors (Lipinski definition) is 0. The second kappa shape index (κ2) is 2.98. The third-order valence-electron chi connectivity index (χ3n) is 1.32. The van der Waals surface area contributed by atoms with Gasteiger partial charge in [0, 0.05) is 5.56 Å². The van der Waals surface area contributed by atoms with Gasteiger partial charge in [-0.3, -0.25) is 0 Å². The summed E-state index contributed by atoms with van der Waals surface area (Å²) in [6.45, 7) is 3.34. The maximum atomic E-state index is 12.7. The molecule has 0 fully saturated rings. The van der Waals surface area contributed by atoms with Crippen LogP contribution in [0.5, 0.6) is 0 Å². The van der Waals surface area contributed by atoms with Crippen molar-refractivity contribution in [3.8, 4) is 6.07 Å². The van der Waals surface area contributed by atoms with Crippen LogP contribution in [0.25, 0.3) is 0 Å². The minimum absolute atomic E-state index is 0.00231. The summed E-state index contributed by atoms with van der Waals surface area (Å²) in [6, 6.07) is 6.08. The van der Waals surface area contributed by atoms with E-state index in [-0.39, 0.29) is 5.56 Å². The molecule has 0 aliphatic rings. The van der Waals surface area contributed by atoms with E-state index in [9.17, 15) is 4.39 Å². The van der Waals surface area contributed by atoms with E-state index in [1.54, 1.807) is 12.1 Å². The van der Waals surface area contributed by atoms with E-state index in [1.807, 2.05) is 0 Å². The standard InChI is InChI=1S/C9H5FN/c1-2-7-4-3-5-9(10)8(7)6-11/h3-5H,1H2. The molecular formula is C9H5FN. The number of nitrogens with zero attached hydrogens (tertiary/aromatic N) is 1. The Hall–Kier alpha value is -1.62. The van der Waals surface area contributed by atoms with E-state index < -0.39 is 5.82 Å². The Labute approximate surface area is 64.4 Å². The van der Waals surface area contributed by atoms with Crippen LogP contribution in [0.15, 0.2) is 24.8 Å². The topological polar surface area (TPSA) is 23.8 Å². The van der Waals surface area contributed by atoms with Crippen molar-refractivity contribution in [1.82, 2.24) is 0 Å². The highest BCUT2D eigenvalue weighted by Gasteiger charge is 2.03. The van der Waals surface area contributed by atoms with E-state index in [2.05, 4.69) is 12.7 Å². The molecule has 1 aromatic rings. The Bertz CT molecular complexity index is 323. The summed E-state index contributed by atoms with van der Waals surface area (Å²) in [5, 5.41) is 8.47. The lowest BCUT2D eigenvalue weighted by atomic mass is 10.1. The van der Waals surface area contributed by atoms with E-state index in [0.29, 0.717) is 5.56 Å². The Morgan fingerprint density at radius 2 is 2.18 bits per heavy atom. The zero-order valence-corrected chi connectivity index (χ0v) is 5.76. The summed E-state index contributed by atoms with van der Waals surface area (Å²) in [6.07, 6.45) is 2.47. The van der Waals surface area contributed by atoms with Crippen LogP contribution in [0, 0.1) is 23.2 Å². The van der Waals surface area contributed by atoms with E-state index >= 15 is 0 Å². The van der Waals surface area contributed by atoms with Gasteiger partial charge in [-0.25, -0.2) is 4.39 Å². The van der Waals surface area contributed by atoms with Gasteiger partial charge >= 0.3 is 0 Å². The molecular weight excluding hydrogens is 141 g/mol. The van der Waals surface area contributed by atoms with Gasteiger partial charge in [0.15, 0.2) is 0 Å². The molecule has 0 aliphatic carbocycles. The summed E-state index contributed by atoms with van der Waals surface area (Å²) in [5.74, 6) is -0.527. The first-order valence-corrected chi connectivity index (χ1v) is 3.01. The van der Waals surface area contributed by atoms with Gasteiger partial charge in [0.1, 0.15) is 11.9 Å². The first kappa shape index (κ1) is 7.49. The lowest BCUT2D eigenvalue weighted by Gasteiger charge is -1.95. The molecule has 1 rings (SSSR count). The fourth-order valence-electron chi connectivity index (χ4n) is 0.785. The summed E-state index contributed by atoms with van der Waals surface area (Å²) in [7, 11) is 0. The van der Waals surface area contributed by atoms with Crippen LogP contribution < -0.4 is 0 Å². The quantitative estimate of drug-likeness (QED) is 0.594. The lowest BCUT2D eigenvalue weighted by Crippen LogP contribution is -1.87. The highest BCUT2D eigenvalue weighted by molar-refractivity contribution is 5.41. The molecule has 1 radical (unpaired) electrons. The first-order chi connectivity index (χ1) is 5.29. The minimum atomic E-state index is -0.527. The number of halogens is 1. The second-order valence-electron chi connectivity index (χ2n) is 1.95. The molecule has 1 aromatic carbocycles. The van der Waals surface area contributed by atoms with Crippen molar-refractivity contribution in [1.29, 1.82) is 5.26 Å². The van der Waals surface area contributed by atoms with Gasteiger partial charge in [0.05, 0.1) is 5.56 Å². The third kappa shape index (κ3) is 1.27. The molecule has 0 saturated carbocycles. The van der Waals surface area contributed by atoms with Crippen molar-refractivity contribution in [2.24, 2.45) is 0 Å². The van der Waals surface area contributed by atoms with Crippen molar-refractivity contribution in [2.75, 3.05) is 0 Å². The number of rotatable bonds is 1. The molecule has 1 nitrogen and oxygen atoms in total. The van der Waals surface area contributed by atoms with Crippen molar-refractivity contribution in [3.05, 3.63) is 47.8 Å². The normalized spacial score (nSPS) is 8.73. The summed E-state index contributed by atoms with van der Waals surface area (Å²) >= 11 is 0. The van der Waals surface area contributed by atoms with Crippen molar-refractivity contribution >= 4 is 0 Å². The number of hydrogen-bond acceptors (Lipinski definition) is 1. The molecule has 2 heteroatoms. The highest BCUT2D eigenvalue weighted by Crippen LogP contribution is 2.11. The van der Waals surface area contributed by atoms with Crippen LogP contribution in [-0.4, -0.2) is 0 Å². The molecule has 53 valence electrons. The maximum absolute atomic E-state index is 12.7. The molecule has 0 amide bonds. The largest absolute Gasteiger partial charge is 0.206 e. The molecule has 0 bridgehead atoms. The summed E-state index contributed by atoms with van der Waals surface area (Å²) in [4.78, 5) is 0. The van der Waals surface area contributed by atoms with Crippen LogP contribution in [0.3, 0.4) is 0 Å². The van der Waals surface area contributed by atoms with Gasteiger partial charge in [-0.05, 0) is 12.1 Å². The molecule has 0 N–H and O–H groups in total. The smallest absolute Gasteiger partial charge is 0.141 e. The molecule has 0 atom stereocenters. The van der Waals surface area contributed by atoms with Crippen molar-refractivity contribution in [3.63, 3.8) is 0 Å². The summed E-state index contributed by atoms with van der Waals surface area (Å²) in [5.41, 5.74) is 0.412. The predicted octanol–water partition coefficient (Wildman–Crippen LogP) is 2.03. The predicted molar refractivity (Wildman–Crippen MR) is 39.1 cm³/mol. The van der Waals surface area contributed by atoms with Gasteiger partial charge in [-0.2, -0.15) is 5.26 Å². The molecule has 0 heterocycles. The average Bonchev–Trinajstić information content (AvgIpc) is 2.04. The van der Waals surface area contributed by atoms with Gasteiger partial charge in [0.2, 0.25) is 0 Å². The van der Waals surface area contributed by atoms with E-state index in [4.69, 9.17) is 5.26 Å². The Morgan fingerprint density at radius 3 is 2.64 bits per heavy atom. The fourth-order valence-corrected chi connectivity index (χ4v) is 0.785. The van der Waals surface area contributed by atoms with Crippen molar-refractivity contribution < 1.29 is 4.39 Å². The summed E-state index contributed by atoms with van der Waals surface area (Å²) < 4.78 is 12.7. The molecule has 0 aromatic heterocycles. The zero-order chi connectivity index (χ0) is 8.27. The Balaban J connectivity index is 3.38. The van der Waals surface area contributed by atoms with E-state index in [0.717, 1.165) is 0 Å². The Morgan fingerprint density at radius 1 is 1.45 bits per heavy atom. The SMILES string of the molecule is C=[C]c1cccc(F)c1C#N. The molecule has 11 heavy (non-hydrogen) atoms. The minimum Gasteiger partial charge on any atom is -0.206 e. The van der Waals surface area contributed by atoms with Gasteiger partial charge in [-0.1, -0.05) is 18.7 Å². The fraction of sp³-hybridized carbons (Fsp3) is 0. The molecule has 0 unspecified atom stereocenters. The first-order valence-electron chi connectivity index (χ1n) is 3.01. The number of nitriles is 1. The van der Waals surface area contributed by atoms with Crippen LogP contribution in [0.4, 0.5) is 4.39 Å². The molecule has 0 spiro atoms. The van der Waals surface area contributed by atoms with Crippen LogP contribution >= 0.6 is 0 Å². The van der Waals surface area contributed by atoms with E-state index in [1.165, 1.54) is 12.1 Å². The molecule has 0 aliphatic heterocycles. The zero-order valence-electron chi connectivity index (χ0n) is 5.76.